The number of hydrogen-bond acceptors (Lipinski definition) is 5. The molecule has 1 fully saturated rings. The van der Waals surface area contributed by atoms with E-state index >= 15 is 0 Å². The number of carbonyl (C=O) groups excluding carboxylic acids is 1. The largest absolute Gasteiger partial charge is 0.494 e. The van der Waals surface area contributed by atoms with Crippen molar-refractivity contribution in [2.24, 2.45) is 0 Å². The molecule has 1 saturated heterocycles. The summed E-state index contributed by atoms with van der Waals surface area (Å²) in [6, 6.07) is 24.1. The monoisotopic (exact) mass is 496 g/mol. The van der Waals surface area contributed by atoms with Gasteiger partial charge < -0.3 is 19.9 Å². The van der Waals surface area contributed by atoms with Crippen LogP contribution in [0, 0.1) is 0 Å². The summed E-state index contributed by atoms with van der Waals surface area (Å²) in [6.45, 7) is 7.64. The molecule has 1 aromatic heterocycles. The number of benzene rings is 3. The van der Waals surface area contributed by atoms with Gasteiger partial charge >= 0.3 is 0 Å². The van der Waals surface area contributed by atoms with E-state index in [1.165, 1.54) is 17.4 Å². The minimum absolute atomic E-state index is 0.0913. The van der Waals surface area contributed by atoms with E-state index in [0.717, 1.165) is 38.3 Å². The lowest BCUT2D eigenvalue weighted by Crippen LogP contribution is -2.45. The highest BCUT2D eigenvalue weighted by molar-refractivity contribution is 5.97. The third-order valence-electron chi connectivity index (χ3n) is 6.75. The number of H-pyrrole nitrogens is 1. The van der Waals surface area contributed by atoms with Gasteiger partial charge in [-0.1, -0.05) is 42.5 Å². The van der Waals surface area contributed by atoms with Gasteiger partial charge in [-0.3, -0.25) is 14.5 Å². The van der Waals surface area contributed by atoms with Gasteiger partial charge in [0.1, 0.15) is 11.3 Å². The number of rotatable bonds is 8. The highest BCUT2D eigenvalue weighted by atomic mass is 16.5. The Morgan fingerprint density at radius 1 is 0.946 bits per heavy atom. The molecule has 4 aromatic rings. The zero-order valence-corrected chi connectivity index (χ0v) is 21.1. The summed E-state index contributed by atoms with van der Waals surface area (Å²) in [5.74, 6) is 0.212. The predicted molar refractivity (Wildman–Crippen MR) is 147 cm³/mol. The van der Waals surface area contributed by atoms with Crippen LogP contribution >= 0.6 is 0 Å². The second-order valence-electron chi connectivity index (χ2n) is 9.27. The first-order valence-electron chi connectivity index (χ1n) is 12.8. The smallest absolute Gasteiger partial charge is 0.257 e. The summed E-state index contributed by atoms with van der Waals surface area (Å²) >= 11 is 0. The summed E-state index contributed by atoms with van der Waals surface area (Å²) < 4.78 is 5.51. The zero-order chi connectivity index (χ0) is 25.6. The first kappa shape index (κ1) is 24.6. The Morgan fingerprint density at radius 2 is 1.73 bits per heavy atom. The van der Waals surface area contributed by atoms with E-state index in [0.29, 0.717) is 29.8 Å². The van der Waals surface area contributed by atoms with Crippen molar-refractivity contribution in [2.45, 2.75) is 20.0 Å². The SMILES string of the molecule is CCOc1ccc2[nH]cc(C(=O)NCc3cccc(CN4CCN(c5ccccc5)CC4)c3)c(=O)c2c1. The fourth-order valence-corrected chi connectivity index (χ4v) is 4.80. The van der Waals surface area contributed by atoms with E-state index in [1.54, 1.807) is 18.2 Å². The molecule has 1 aliphatic heterocycles. The summed E-state index contributed by atoms with van der Waals surface area (Å²) in [6.07, 6.45) is 1.48. The van der Waals surface area contributed by atoms with Gasteiger partial charge in [-0.05, 0) is 48.4 Å². The maximum atomic E-state index is 13.0. The van der Waals surface area contributed by atoms with Crippen molar-refractivity contribution < 1.29 is 9.53 Å². The number of pyridine rings is 1. The first-order valence-corrected chi connectivity index (χ1v) is 12.8. The quantitative estimate of drug-likeness (QED) is 0.383. The summed E-state index contributed by atoms with van der Waals surface area (Å²) in [5.41, 5.74) is 3.95. The Hall–Kier alpha value is -4.10. The van der Waals surface area contributed by atoms with Gasteiger partial charge in [0.05, 0.1) is 6.61 Å². The molecular weight excluding hydrogens is 464 g/mol. The van der Waals surface area contributed by atoms with E-state index < -0.39 is 5.91 Å². The molecule has 0 bridgehead atoms. The van der Waals surface area contributed by atoms with Crippen molar-refractivity contribution in [1.29, 1.82) is 0 Å². The van der Waals surface area contributed by atoms with Crippen LogP contribution in [-0.2, 0) is 13.1 Å². The molecule has 5 rings (SSSR count). The number of para-hydroxylation sites is 1. The molecule has 0 atom stereocenters. The van der Waals surface area contributed by atoms with Crippen LogP contribution in [0.1, 0.15) is 28.4 Å². The number of nitrogens with one attached hydrogen (secondary N) is 2. The number of nitrogens with zero attached hydrogens (tertiary/aromatic N) is 2. The van der Waals surface area contributed by atoms with Crippen molar-refractivity contribution in [3.05, 3.63) is 106 Å². The third-order valence-corrected chi connectivity index (χ3v) is 6.75. The standard InChI is InChI=1S/C30H32N4O3/c1-2-37-25-11-12-28-26(18-25)29(35)27(20-31-28)30(36)32-19-22-7-6-8-23(17-22)21-33-13-15-34(16-14-33)24-9-4-3-5-10-24/h3-12,17-18,20H,2,13-16,19,21H2,1H3,(H,31,35)(H,32,36). The molecule has 1 aliphatic rings. The zero-order valence-electron chi connectivity index (χ0n) is 21.1. The third kappa shape index (κ3) is 5.84. The predicted octanol–water partition coefficient (Wildman–Crippen LogP) is 4.18. The van der Waals surface area contributed by atoms with E-state index in [1.807, 2.05) is 25.1 Å². The van der Waals surface area contributed by atoms with Gasteiger partial charge in [-0.25, -0.2) is 0 Å². The van der Waals surface area contributed by atoms with Crippen LogP contribution in [-0.4, -0.2) is 48.6 Å². The number of carbonyl (C=O) groups is 1. The van der Waals surface area contributed by atoms with Crippen molar-refractivity contribution in [3.63, 3.8) is 0 Å². The van der Waals surface area contributed by atoms with Crippen LogP contribution < -0.4 is 20.4 Å². The van der Waals surface area contributed by atoms with Gasteiger partial charge in [-0.15, -0.1) is 0 Å². The Balaban J connectivity index is 1.19. The molecule has 0 aliphatic carbocycles. The maximum Gasteiger partial charge on any atom is 0.257 e. The number of aromatic amines is 1. The normalized spacial score (nSPS) is 14.0. The van der Waals surface area contributed by atoms with Gasteiger partial charge in [-0.2, -0.15) is 0 Å². The fraction of sp³-hybridized carbons (Fsp3) is 0.267. The fourth-order valence-electron chi connectivity index (χ4n) is 4.80. The number of amides is 1. The van der Waals surface area contributed by atoms with Crippen molar-refractivity contribution in [2.75, 3.05) is 37.7 Å². The Labute approximate surface area is 216 Å². The molecule has 3 aromatic carbocycles. The average molecular weight is 497 g/mol. The average Bonchev–Trinajstić information content (AvgIpc) is 2.93. The Kier molecular flexibility index (Phi) is 7.51. The van der Waals surface area contributed by atoms with Crippen molar-refractivity contribution in [1.82, 2.24) is 15.2 Å². The summed E-state index contributed by atoms with van der Waals surface area (Å²) in [5, 5.41) is 3.34. The molecule has 1 amide bonds. The van der Waals surface area contributed by atoms with E-state index in [2.05, 4.69) is 56.5 Å². The molecule has 190 valence electrons. The molecule has 2 heterocycles. The molecule has 2 N–H and O–H groups in total. The van der Waals surface area contributed by atoms with Crippen LogP contribution in [0.3, 0.4) is 0 Å². The Morgan fingerprint density at radius 3 is 2.51 bits per heavy atom. The lowest BCUT2D eigenvalue weighted by Gasteiger charge is -2.36. The van der Waals surface area contributed by atoms with Crippen molar-refractivity contribution >= 4 is 22.5 Å². The molecule has 7 heteroatoms. The van der Waals surface area contributed by atoms with Crippen LogP contribution in [0.4, 0.5) is 5.69 Å². The minimum atomic E-state index is -0.396. The lowest BCUT2D eigenvalue weighted by molar-refractivity contribution is 0.0949. The molecule has 7 nitrogen and oxygen atoms in total. The number of fused-ring (bicyclic) bond motifs is 1. The number of anilines is 1. The van der Waals surface area contributed by atoms with Gasteiger partial charge in [0.2, 0.25) is 5.43 Å². The first-order chi connectivity index (χ1) is 18.1. The number of ether oxygens (including phenoxy) is 1. The second kappa shape index (κ2) is 11.3. The molecule has 0 radical (unpaired) electrons. The van der Waals surface area contributed by atoms with E-state index in [9.17, 15) is 9.59 Å². The lowest BCUT2D eigenvalue weighted by atomic mass is 10.1. The van der Waals surface area contributed by atoms with Gasteiger partial charge in [0.25, 0.3) is 5.91 Å². The van der Waals surface area contributed by atoms with E-state index in [4.69, 9.17) is 4.74 Å². The molecular formula is C30H32N4O3. The summed E-state index contributed by atoms with van der Waals surface area (Å²) in [7, 11) is 0. The highest BCUT2D eigenvalue weighted by Crippen LogP contribution is 2.18. The van der Waals surface area contributed by atoms with Gasteiger partial charge in [0.15, 0.2) is 0 Å². The van der Waals surface area contributed by atoms with Crippen molar-refractivity contribution in [3.8, 4) is 5.75 Å². The topological polar surface area (TPSA) is 77.7 Å². The van der Waals surface area contributed by atoms with Crippen LogP contribution in [0.25, 0.3) is 10.9 Å². The van der Waals surface area contributed by atoms with Crippen LogP contribution in [0.15, 0.2) is 83.8 Å². The van der Waals surface area contributed by atoms with E-state index in [-0.39, 0.29) is 11.0 Å². The minimum Gasteiger partial charge on any atom is -0.494 e. The summed E-state index contributed by atoms with van der Waals surface area (Å²) in [4.78, 5) is 33.8. The van der Waals surface area contributed by atoms with Crippen LogP contribution in [0.5, 0.6) is 5.75 Å². The molecule has 37 heavy (non-hydrogen) atoms. The maximum absolute atomic E-state index is 13.0. The Bertz CT molecular complexity index is 1430. The molecule has 0 spiro atoms. The van der Waals surface area contributed by atoms with Crippen LogP contribution in [0.2, 0.25) is 0 Å². The molecule has 0 saturated carbocycles. The molecule has 0 unspecified atom stereocenters. The number of hydrogen-bond donors (Lipinski definition) is 2. The second-order valence-corrected chi connectivity index (χ2v) is 9.27. The number of piperazine rings is 1. The highest BCUT2D eigenvalue weighted by Gasteiger charge is 2.18. The van der Waals surface area contributed by atoms with Gasteiger partial charge in [0, 0.05) is 62.1 Å². The number of aromatic nitrogens is 1.